The highest BCUT2D eigenvalue weighted by molar-refractivity contribution is 5.78. The molecule has 2 aromatic rings. The van der Waals surface area contributed by atoms with E-state index in [2.05, 4.69) is 10.2 Å². The van der Waals surface area contributed by atoms with Crippen LogP contribution in [0.2, 0.25) is 0 Å². The lowest BCUT2D eigenvalue weighted by Gasteiger charge is -2.34. The third kappa shape index (κ3) is 5.70. The maximum absolute atomic E-state index is 12.5. The zero-order chi connectivity index (χ0) is 19.9. The average molecular weight is 383 g/mol. The van der Waals surface area contributed by atoms with Gasteiger partial charge in [-0.2, -0.15) is 0 Å². The van der Waals surface area contributed by atoms with E-state index in [-0.39, 0.29) is 17.9 Å². The molecule has 1 saturated heterocycles. The quantitative estimate of drug-likeness (QED) is 0.798. The number of hydrogen-bond acceptors (Lipinski definition) is 4. The van der Waals surface area contributed by atoms with E-state index in [1.54, 1.807) is 0 Å². The van der Waals surface area contributed by atoms with Gasteiger partial charge in [0.15, 0.2) is 0 Å². The Hall–Kier alpha value is -2.60. The summed E-state index contributed by atoms with van der Waals surface area (Å²) in [5, 5.41) is 2.90. The van der Waals surface area contributed by atoms with Crippen LogP contribution in [-0.4, -0.2) is 60.4 Å². The monoisotopic (exact) mass is 383 g/mol. The first-order valence-corrected chi connectivity index (χ1v) is 9.95. The number of benzene rings is 1. The number of rotatable bonds is 7. The molecule has 2 amide bonds. The predicted octanol–water partition coefficient (Wildman–Crippen LogP) is 2.55. The second kappa shape index (κ2) is 9.55. The van der Waals surface area contributed by atoms with Gasteiger partial charge in [-0.1, -0.05) is 30.3 Å². The summed E-state index contributed by atoms with van der Waals surface area (Å²) < 4.78 is 5.88. The molecule has 0 aliphatic carbocycles. The van der Waals surface area contributed by atoms with E-state index in [1.165, 1.54) is 0 Å². The van der Waals surface area contributed by atoms with Crippen molar-refractivity contribution >= 4 is 11.8 Å². The number of carbonyl (C=O) groups is 2. The molecule has 1 fully saturated rings. The van der Waals surface area contributed by atoms with Gasteiger partial charge in [-0.3, -0.25) is 14.5 Å². The van der Waals surface area contributed by atoms with Gasteiger partial charge in [0.2, 0.25) is 11.8 Å². The number of aryl methyl sites for hydroxylation is 1. The zero-order valence-electron chi connectivity index (χ0n) is 16.7. The smallest absolute Gasteiger partial charge is 0.234 e. The van der Waals surface area contributed by atoms with Crippen LogP contribution in [0.3, 0.4) is 0 Å². The molecule has 0 spiro atoms. The van der Waals surface area contributed by atoms with Gasteiger partial charge >= 0.3 is 0 Å². The number of hydrogen-bond donors (Lipinski definition) is 1. The maximum Gasteiger partial charge on any atom is 0.234 e. The Morgan fingerprint density at radius 3 is 2.43 bits per heavy atom. The fraction of sp³-hybridized carbons (Fsp3) is 0.455. The third-order valence-electron chi connectivity index (χ3n) is 4.85. The van der Waals surface area contributed by atoms with Crippen molar-refractivity contribution < 1.29 is 14.0 Å². The number of nitrogens with zero attached hydrogens (tertiary/aromatic N) is 2. The molecule has 3 rings (SSSR count). The van der Waals surface area contributed by atoms with E-state index >= 15 is 0 Å². The Bertz CT molecular complexity index is 777. The summed E-state index contributed by atoms with van der Waals surface area (Å²) in [5.74, 6) is 1.85. The summed E-state index contributed by atoms with van der Waals surface area (Å²) in [6.45, 7) is 7.11. The number of amides is 2. The first kappa shape index (κ1) is 20.1. The number of carbonyl (C=O) groups excluding carboxylic acids is 2. The molecule has 28 heavy (non-hydrogen) atoms. The van der Waals surface area contributed by atoms with Crippen LogP contribution in [0.15, 0.2) is 46.9 Å². The Morgan fingerprint density at radius 2 is 1.75 bits per heavy atom. The van der Waals surface area contributed by atoms with Gasteiger partial charge in [0.05, 0.1) is 6.54 Å². The first-order valence-electron chi connectivity index (χ1n) is 9.95. The standard InChI is InChI=1S/C22H29N3O3/c1-17(2)23-21(26)16-24-12-14-25(15-13-24)22(27)11-9-19-8-10-20(28-19)18-6-4-3-5-7-18/h3-8,10,17H,9,11-16H2,1-2H3,(H,23,26). The van der Waals surface area contributed by atoms with Crippen molar-refractivity contribution in [2.24, 2.45) is 0 Å². The molecule has 0 saturated carbocycles. The number of furan rings is 1. The van der Waals surface area contributed by atoms with Crippen LogP contribution in [0.4, 0.5) is 0 Å². The Kier molecular flexibility index (Phi) is 6.87. The van der Waals surface area contributed by atoms with Gasteiger partial charge in [0.25, 0.3) is 0 Å². The molecule has 0 unspecified atom stereocenters. The van der Waals surface area contributed by atoms with Gasteiger partial charge in [0, 0.05) is 50.6 Å². The summed E-state index contributed by atoms with van der Waals surface area (Å²) in [6, 6.07) is 14.0. The van der Waals surface area contributed by atoms with Gasteiger partial charge in [0.1, 0.15) is 11.5 Å². The highest BCUT2D eigenvalue weighted by Gasteiger charge is 2.22. The zero-order valence-corrected chi connectivity index (χ0v) is 16.7. The maximum atomic E-state index is 12.5. The molecule has 1 aromatic carbocycles. The van der Waals surface area contributed by atoms with Crippen molar-refractivity contribution in [2.45, 2.75) is 32.7 Å². The van der Waals surface area contributed by atoms with Crippen molar-refractivity contribution in [1.29, 1.82) is 0 Å². The van der Waals surface area contributed by atoms with Crippen LogP contribution >= 0.6 is 0 Å². The Labute approximate surface area is 166 Å². The van der Waals surface area contributed by atoms with Crippen LogP contribution in [0.5, 0.6) is 0 Å². The second-order valence-electron chi connectivity index (χ2n) is 7.51. The van der Waals surface area contributed by atoms with E-state index in [0.29, 0.717) is 32.5 Å². The minimum absolute atomic E-state index is 0.0433. The lowest BCUT2D eigenvalue weighted by atomic mass is 10.2. The van der Waals surface area contributed by atoms with E-state index in [0.717, 1.165) is 30.2 Å². The molecular weight excluding hydrogens is 354 g/mol. The highest BCUT2D eigenvalue weighted by atomic mass is 16.3. The summed E-state index contributed by atoms with van der Waals surface area (Å²) in [4.78, 5) is 28.4. The Balaban J connectivity index is 1.42. The van der Waals surface area contributed by atoms with Crippen LogP contribution in [-0.2, 0) is 16.0 Å². The average Bonchev–Trinajstić information content (AvgIpc) is 3.16. The first-order chi connectivity index (χ1) is 13.5. The minimum atomic E-state index is 0.0433. The molecule has 6 heteroatoms. The highest BCUT2D eigenvalue weighted by Crippen LogP contribution is 2.22. The van der Waals surface area contributed by atoms with Crippen LogP contribution in [0, 0.1) is 0 Å². The summed E-state index contributed by atoms with van der Waals surface area (Å²) in [6.07, 6.45) is 1.04. The van der Waals surface area contributed by atoms with Crippen LogP contribution < -0.4 is 5.32 Å². The van der Waals surface area contributed by atoms with Gasteiger partial charge in [-0.05, 0) is 26.0 Å². The summed E-state index contributed by atoms with van der Waals surface area (Å²) in [7, 11) is 0. The fourth-order valence-electron chi connectivity index (χ4n) is 3.38. The molecule has 1 aliphatic heterocycles. The van der Waals surface area contributed by atoms with Crippen LogP contribution in [0.25, 0.3) is 11.3 Å². The molecule has 1 N–H and O–H groups in total. The SMILES string of the molecule is CC(C)NC(=O)CN1CCN(C(=O)CCc2ccc(-c3ccccc3)o2)CC1. The number of piperazine rings is 1. The largest absolute Gasteiger partial charge is 0.461 e. The van der Waals surface area contributed by atoms with Crippen molar-refractivity contribution in [2.75, 3.05) is 32.7 Å². The van der Waals surface area contributed by atoms with E-state index in [1.807, 2.05) is 61.2 Å². The van der Waals surface area contributed by atoms with E-state index < -0.39 is 0 Å². The molecule has 0 atom stereocenters. The fourth-order valence-corrected chi connectivity index (χ4v) is 3.38. The normalized spacial score (nSPS) is 15.0. The van der Waals surface area contributed by atoms with Crippen LogP contribution in [0.1, 0.15) is 26.0 Å². The van der Waals surface area contributed by atoms with Crippen molar-refractivity contribution in [3.05, 3.63) is 48.2 Å². The topological polar surface area (TPSA) is 65.8 Å². The number of nitrogens with one attached hydrogen (secondary N) is 1. The summed E-state index contributed by atoms with van der Waals surface area (Å²) >= 11 is 0. The molecule has 1 aromatic heterocycles. The Morgan fingerprint density at radius 1 is 1.04 bits per heavy atom. The van der Waals surface area contributed by atoms with Crippen molar-refractivity contribution in [3.63, 3.8) is 0 Å². The van der Waals surface area contributed by atoms with Gasteiger partial charge in [-0.25, -0.2) is 0 Å². The van der Waals surface area contributed by atoms with Gasteiger partial charge in [-0.15, -0.1) is 0 Å². The molecular formula is C22H29N3O3. The van der Waals surface area contributed by atoms with E-state index in [4.69, 9.17) is 4.42 Å². The third-order valence-corrected chi connectivity index (χ3v) is 4.85. The van der Waals surface area contributed by atoms with Crippen molar-refractivity contribution in [3.8, 4) is 11.3 Å². The van der Waals surface area contributed by atoms with E-state index in [9.17, 15) is 9.59 Å². The predicted molar refractivity (Wildman–Crippen MR) is 109 cm³/mol. The molecule has 150 valence electrons. The van der Waals surface area contributed by atoms with Crippen molar-refractivity contribution in [1.82, 2.24) is 15.1 Å². The molecule has 0 bridgehead atoms. The molecule has 6 nitrogen and oxygen atoms in total. The lowest BCUT2D eigenvalue weighted by Crippen LogP contribution is -2.51. The molecule has 1 aliphatic rings. The molecule has 2 heterocycles. The molecule has 0 radical (unpaired) electrons. The van der Waals surface area contributed by atoms with Gasteiger partial charge < -0.3 is 14.6 Å². The second-order valence-corrected chi connectivity index (χ2v) is 7.51. The minimum Gasteiger partial charge on any atom is -0.461 e. The lowest BCUT2D eigenvalue weighted by molar-refractivity contribution is -0.133. The summed E-state index contributed by atoms with van der Waals surface area (Å²) in [5.41, 5.74) is 1.04.